The minimum atomic E-state index is -0.125. The summed E-state index contributed by atoms with van der Waals surface area (Å²) >= 11 is 0. The molecule has 2 heterocycles. The summed E-state index contributed by atoms with van der Waals surface area (Å²) in [5, 5.41) is 2.99. The second kappa shape index (κ2) is 9.46. The zero-order valence-electron chi connectivity index (χ0n) is 15.4. The SMILES string of the molecule is COCc1cccc(C(=O)NCCN2CCC[C@H](c3ccccc3)C2)n1. The number of ether oxygens (including phenoxy) is 1. The molecule has 0 unspecified atom stereocenters. The Kier molecular flexibility index (Phi) is 6.75. The predicted octanol–water partition coefficient (Wildman–Crippen LogP) is 2.84. The van der Waals surface area contributed by atoms with E-state index in [0.29, 0.717) is 24.8 Å². The van der Waals surface area contributed by atoms with E-state index in [0.717, 1.165) is 25.3 Å². The van der Waals surface area contributed by atoms with E-state index in [1.54, 1.807) is 13.2 Å². The van der Waals surface area contributed by atoms with E-state index in [1.807, 2.05) is 12.1 Å². The molecular weight excluding hydrogens is 326 g/mol. The van der Waals surface area contributed by atoms with E-state index in [4.69, 9.17) is 4.74 Å². The Hall–Kier alpha value is -2.24. The number of amides is 1. The molecule has 138 valence electrons. The molecule has 26 heavy (non-hydrogen) atoms. The van der Waals surface area contributed by atoms with E-state index in [-0.39, 0.29) is 5.91 Å². The molecule has 1 fully saturated rings. The Morgan fingerprint density at radius 2 is 2.08 bits per heavy atom. The van der Waals surface area contributed by atoms with Crippen LogP contribution in [0.3, 0.4) is 0 Å². The van der Waals surface area contributed by atoms with Crippen molar-refractivity contribution >= 4 is 5.91 Å². The van der Waals surface area contributed by atoms with Crippen molar-refractivity contribution in [3.63, 3.8) is 0 Å². The fraction of sp³-hybridized carbons (Fsp3) is 0.429. The van der Waals surface area contributed by atoms with Gasteiger partial charge in [0.2, 0.25) is 0 Å². The number of benzene rings is 1. The summed E-state index contributed by atoms with van der Waals surface area (Å²) in [7, 11) is 1.62. The van der Waals surface area contributed by atoms with Gasteiger partial charge in [0.25, 0.3) is 5.91 Å². The quantitative estimate of drug-likeness (QED) is 0.832. The van der Waals surface area contributed by atoms with Crippen LogP contribution in [0.1, 0.15) is 40.5 Å². The standard InChI is InChI=1S/C21H27N3O2/c1-26-16-19-10-5-11-20(23-19)21(25)22-12-14-24-13-6-9-18(15-24)17-7-3-2-4-8-17/h2-5,7-8,10-11,18H,6,9,12-16H2,1H3,(H,22,25)/t18-/m0/s1. The molecule has 5 nitrogen and oxygen atoms in total. The van der Waals surface area contributed by atoms with Crippen LogP contribution >= 0.6 is 0 Å². The first kappa shape index (κ1) is 18.5. The van der Waals surface area contributed by atoms with Gasteiger partial charge in [-0.25, -0.2) is 4.98 Å². The third kappa shape index (κ3) is 5.13. The van der Waals surface area contributed by atoms with Crippen LogP contribution in [0, 0.1) is 0 Å². The molecule has 1 aromatic carbocycles. The average molecular weight is 353 g/mol. The molecule has 1 aliphatic rings. The first-order valence-electron chi connectivity index (χ1n) is 9.26. The van der Waals surface area contributed by atoms with Crippen LogP contribution in [-0.2, 0) is 11.3 Å². The van der Waals surface area contributed by atoms with Crippen LogP contribution in [0.2, 0.25) is 0 Å². The highest BCUT2D eigenvalue weighted by Gasteiger charge is 2.21. The lowest BCUT2D eigenvalue weighted by Gasteiger charge is -2.33. The second-order valence-electron chi connectivity index (χ2n) is 6.75. The van der Waals surface area contributed by atoms with E-state index < -0.39 is 0 Å². The molecule has 1 aliphatic heterocycles. The van der Waals surface area contributed by atoms with Crippen molar-refractivity contribution in [1.82, 2.24) is 15.2 Å². The Balaban J connectivity index is 1.47. The van der Waals surface area contributed by atoms with Crippen molar-refractivity contribution in [2.45, 2.75) is 25.4 Å². The number of pyridine rings is 1. The summed E-state index contributed by atoms with van der Waals surface area (Å²) in [5.74, 6) is 0.465. The summed E-state index contributed by atoms with van der Waals surface area (Å²) in [6.45, 7) is 4.07. The van der Waals surface area contributed by atoms with E-state index in [1.165, 1.54) is 18.4 Å². The largest absolute Gasteiger partial charge is 0.378 e. The number of likely N-dealkylation sites (tertiary alicyclic amines) is 1. The third-order valence-electron chi connectivity index (χ3n) is 4.82. The summed E-state index contributed by atoms with van der Waals surface area (Å²) in [6.07, 6.45) is 2.44. The molecule has 1 aromatic heterocycles. The normalized spacial score (nSPS) is 17.8. The van der Waals surface area contributed by atoms with Gasteiger partial charge in [-0.05, 0) is 43.0 Å². The molecule has 1 N–H and O–H groups in total. The summed E-state index contributed by atoms with van der Waals surface area (Å²) in [6, 6.07) is 16.2. The molecule has 0 aliphatic carbocycles. The van der Waals surface area contributed by atoms with Crippen LogP contribution in [-0.4, -0.2) is 49.1 Å². The molecule has 0 spiro atoms. The average Bonchev–Trinajstić information content (AvgIpc) is 2.69. The molecule has 1 atom stereocenters. The van der Waals surface area contributed by atoms with Crippen molar-refractivity contribution in [3.05, 3.63) is 65.5 Å². The maximum atomic E-state index is 12.3. The lowest BCUT2D eigenvalue weighted by molar-refractivity contribution is 0.0939. The Labute approximate surface area is 155 Å². The van der Waals surface area contributed by atoms with Crippen LogP contribution < -0.4 is 5.32 Å². The number of methoxy groups -OCH3 is 1. The number of hydrogen-bond donors (Lipinski definition) is 1. The lowest BCUT2D eigenvalue weighted by atomic mass is 9.91. The van der Waals surface area contributed by atoms with Gasteiger partial charge in [0.05, 0.1) is 12.3 Å². The van der Waals surface area contributed by atoms with Crippen LogP contribution in [0.15, 0.2) is 48.5 Å². The minimum Gasteiger partial charge on any atom is -0.378 e. The molecule has 1 amide bonds. The minimum absolute atomic E-state index is 0.125. The molecule has 0 saturated carbocycles. The molecule has 5 heteroatoms. The fourth-order valence-corrected chi connectivity index (χ4v) is 3.51. The summed E-state index contributed by atoms with van der Waals surface area (Å²) in [4.78, 5) is 19.1. The Morgan fingerprint density at radius 1 is 1.23 bits per heavy atom. The molecular formula is C21H27N3O2. The number of rotatable bonds is 7. The van der Waals surface area contributed by atoms with Gasteiger partial charge in [0.1, 0.15) is 5.69 Å². The van der Waals surface area contributed by atoms with Crippen molar-refractivity contribution in [1.29, 1.82) is 0 Å². The Morgan fingerprint density at radius 3 is 2.88 bits per heavy atom. The first-order chi connectivity index (χ1) is 12.8. The van der Waals surface area contributed by atoms with Crippen LogP contribution in [0.4, 0.5) is 0 Å². The van der Waals surface area contributed by atoms with Crippen molar-refractivity contribution in [3.8, 4) is 0 Å². The van der Waals surface area contributed by atoms with E-state index in [2.05, 4.69) is 45.5 Å². The molecule has 3 rings (SSSR count). The lowest BCUT2D eigenvalue weighted by Crippen LogP contribution is -2.40. The molecule has 0 radical (unpaired) electrons. The highest BCUT2D eigenvalue weighted by atomic mass is 16.5. The van der Waals surface area contributed by atoms with E-state index in [9.17, 15) is 4.79 Å². The zero-order chi connectivity index (χ0) is 18.2. The summed E-state index contributed by atoms with van der Waals surface area (Å²) < 4.78 is 5.07. The number of hydrogen-bond acceptors (Lipinski definition) is 4. The zero-order valence-corrected chi connectivity index (χ0v) is 15.4. The Bertz CT molecular complexity index is 705. The monoisotopic (exact) mass is 353 g/mol. The van der Waals surface area contributed by atoms with Gasteiger partial charge in [-0.1, -0.05) is 36.4 Å². The number of aromatic nitrogens is 1. The predicted molar refractivity (Wildman–Crippen MR) is 102 cm³/mol. The van der Waals surface area contributed by atoms with Gasteiger partial charge in [-0.3, -0.25) is 4.79 Å². The van der Waals surface area contributed by atoms with Gasteiger partial charge in [-0.2, -0.15) is 0 Å². The van der Waals surface area contributed by atoms with Crippen molar-refractivity contribution < 1.29 is 9.53 Å². The number of nitrogens with zero attached hydrogens (tertiary/aromatic N) is 2. The fourth-order valence-electron chi connectivity index (χ4n) is 3.51. The maximum Gasteiger partial charge on any atom is 0.269 e. The van der Waals surface area contributed by atoms with Crippen molar-refractivity contribution in [2.24, 2.45) is 0 Å². The third-order valence-corrected chi connectivity index (χ3v) is 4.82. The first-order valence-corrected chi connectivity index (χ1v) is 9.26. The molecule has 2 aromatic rings. The maximum absolute atomic E-state index is 12.3. The highest BCUT2D eigenvalue weighted by Crippen LogP contribution is 2.26. The molecule has 1 saturated heterocycles. The number of nitrogens with one attached hydrogen (secondary N) is 1. The van der Waals surface area contributed by atoms with Gasteiger partial charge < -0.3 is 15.0 Å². The van der Waals surface area contributed by atoms with E-state index >= 15 is 0 Å². The van der Waals surface area contributed by atoms with Crippen LogP contribution in [0.25, 0.3) is 0 Å². The topological polar surface area (TPSA) is 54.5 Å². The smallest absolute Gasteiger partial charge is 0.269 e. The number of piperidine rings is 1. The second-order valence-corrected chi connectivity index (χ2v) is 6.75. The number of carbonyl (C=O) groups excluding carboxylic acids is 1. The number of carbonyl (C=O) groups is 1. The van der Waals surface area contributed by atoms with Gasteiger partial charge in [-0.15, -0.1) is 0 Å². The molecule has 0 bridgehead atoms. The van der Waals surface area contributed by atoms with Crippen LogP contribution in [0.5, 0.6) is 0 Å². The highest BCUT2D eigenvalue weighted by molar-refractivity contribution is 5.92. The van der Waals surface area contributed by atoms with Gasteiger partial charge in [0.15, 0.2) is 0 Å². The van der Waals surface area contributed by atoms with Crippen molar-refractivity contribution in [2.75, 3.05) is 33.3 Å². The van der Waals surface area contributed by atoms with Gasteiger partial charge >= 0.3 is 0 Å². The van der Waals surface area contributed by atoms with Gasteiger partial charge in [0, 0.05) is 26.7 Å². The summed E-state index contributed by atoms with van der Waals surface area (Å²) in [5.41, 5.74) is 2.63.